The first kappa shape index (κ1) is 19.8. The van der Waals surface area contributed by atoms with E-state index in [9.17, 15) is 19.5 Å². The molecule has 4 rings (SSSR count). The molecule has 152 valence electrons. The molecule has 0 unspecified atom stereocenters. The minimum Gasteiger partial charge on any atom is -0.395 e. The molecule has 0 radical (unpaired) electrons. The van der Waals surface area contributed by atoms with Crippen LogP contribution in [0.15, 0.2) is 66.7 Å². The van der Waals surface area contributed by atoms with Crippen molar-refractivity contribution in [3.8, 4) is 0 Å². The number of hydrogen-bond acceptors (Lipinski definition) is 4. The first-order valence-electron chi connectivity index (χ1n) is 9.95. The van der Waals surface area contributed by atoms with Crippen molar-refractivity contribution in [3.63, 3.8) is 0 Å². The summed E-state index contributed by atoms with van der Waals surface area (Å²) >= 11 is 0. The van der Waals surface area contributed by atoms with E-state index in [0.717, 1.165) is 5.39 Å². The minimum absolute atomic E-state index is 0.157. The molecule has 0 aliphatic carbocycles. The smallest absolute Gasteiger partial charge is 0.261 e. The van der Waals surface area contributed by atoms with Gasteiger partial charge in [0.15, 0.2) is 0 Å². The molecule has 3 aromatic carbocycles. The third kappa shape index (κ3) is 3.57. The van der Waals surface area contributed by atoms with Crippen molar-refractivity contribution >= 4 is 28.5 Å². The van der Waals surface area contributed by atoms with Crippen LogP contribution >= 0.6 is 0 Å². The summed E-state index contributed by atoms with van der Waals surface area (Å²) in [6.45, 7) is 0.566. The minimum atomic E-state index is -0.313. The van der Waals surface area contributed by atoms with Crippen LogP contribution in [0.25, 0.3) is 10.8 Å². The summed E-state index contributed by atoms with van der Waals surface area (Å²) < 4.78 is 0. The molecule has 1 N–H and O–H groups in total. The third-order valence-corrected chi connectivity index (χ3v) is 5.34. The maximum absolute atomic E-state index is 13.0. The molecule has 0 aromatic heterocycles. The number of amides is 3. The highest BCUT2D eigenvalue weighted by molar-refractivity contribution is 6.25. The van der Waals surface area contributed by atoms with Crippen molar-refractivity contribution in [3.05, 3.63) is 83.4 Å². The van der Waals surface area contributed by atoms with E-state index in [0.29, 0.717) is 35.0 Å². The van der Waals surface area contributed by atoms with Crippen molar-refractivity contribution < 1.29 is 19.5 Å². The largest absolute Gasteiger partial charge is 0.395 e. The van der Waals surface area contributed by atoms with Crippen molar-refractivity contribution in [2.24, 2.45) is 0 Å². The molecule has 1 heterocycles. The van der Waals surface area contributed by atoms with E-state index in [2.05, 4.69) is 0 Å². The van der Waals surface area contributed by atoms with Crippen molar-refractivity contribution in [2.45, 2.75) is 6.42 Å². The Labute approximate surface area is 174 Å². The Kier molecular flexibility index (Phi) is 5.59. The van der Waals surface area contributed by atoms with E-state index in [-0.39, 0.29) is 37.4 Å². The molecule has 0 spiro atoms. The van der Waals surface area contributed by atoms with Crippen LogP contribution in [0.1, 0.15) is 37.5 Å². The Hall–Kier alpha value is -3.51. The van der Waals surface area contributed by atoms with Crippen molar-refractivity contribution in [1.82, 2.24) is 9.80 Å². The van der Waals surface area contributed by atoms with Gasteiger partial charge in [0, 0.05) is 41.7 Å². The summed E-state index contributed by atoms with van der Waals surface area (Å²) in [5, 5.41) is 10.9. The van der Waals surface area contributed by atoms with Crippen LogP contribution in [0, 0.1) is 0 Å². The second-order valence-corrected chi connectivity index (χ2v) is 7.21. The number of carbonyl (C=O) groups excluding carboxylic acids is 3. The highest BCUT2D eigenvalue weighted by Gasteiger charge is 2.32. The zero-order valence-corrected chi connectivity index (χ0v) is 16.5. The van der Waals surface area contributed by atoms with Gasteiger partial charge in [-0.15, -0.1) is 0 Å². The van der Waals surface area contributed by atoms with Crippen LogP contribution in [0.5, 0.6) is 0 Å². The Balaban J connectivity index is 1.49. The van der Waals surface area contributed by atoms with Crippen LogP contribution in [-0.2, 0) is 0 Å². The molecule has 6 heteroatoms. The number of hydrogen-bond donors (Lipinski definition) is 1. The predicted octanol–water partition coefficient (Wildman–Crippen LogP) is 2.96. The van der Waals surface area contributed by atoms with Gasteiger partial charge in [0.2, 0.25) is 0 Å². The van der Waals surface area contributed by atoms with Crippen LogP contribution in [0.3, 0.4) is 0 Å². The normalized spacial score (nSPS) is 13.0. The number of aliphatic hydroxyl groups is 1. The second kappa shape index (κ2) is 8.47. The van der Waals surface area contributed by atoms with E-state index in [1.807, 2.05) is 30.3 Å². The van der Waals surface area contributed by atoms with E-state index >= 15 is 0 Å². The number of benzene rings is 3. The zero-order chi connectivity index (χ0) is 21.1. The predicted molar refractivity (Wildman–Crippen MR) is 113 cm³/mol. The molecule has 0 fully saturated rings. The van der Waals surface area contributed by atoms with Crippen LogP contribution in [0.4, 0.5) is 0 Å². The monoisotopic (exact) mass is 402 g/mol. The molecule has 1 aliphatic heterocycles. The molecule has 3 amide bonds. The number of rotatable bonds is 7. The topological polar surface area (TPSA) is 77.9 Å². The fraction of sp³-hybridized carbons (Fsp3) is 0.208. The number of imide groups is 1. The Morgan fingerprint density at radius 3 is 2.07 bits per heavy atom. The fourth-order valence-corrected chi connectivity index (χ4v) is 3.90. The van der Waals surface area contributed by atoms with E-state index in [1.54, 1.807) is 41.3 Å². The van der Waals surface area contributed by atoms with Gasteiger partial charge < -0.3 is 10.0 Å². The van der Waals surface area contributed by atoms with Gasteiger partial charge >= 0.3 is 0 Å². The maximum Gasteiger partial charge on any atom is 0.261 e. The molecular weight excluding hydrogens is 380 g/mol. The van der Waals surface area contributed by atoms with Crippen LogP contribution < -0.4 is 0 Å². The van der Waals surface area contributed by atoms with Crippen LogP contribution in [-0.4, -0.2) is 58.9 Å². The van der Waals surface area contributed by atoms with Gasteiger partial charge in [-0.05, 0) is 36.1 Å². The van der Waals surface area contributed by atoms with E-state index in [4.69, 9.17) is 0 Å². The summed E-state index contributed by atoms with van der Waals surface area (Å²) in [5.74, 6) is -0.809. The average Bonchev–Trinajstić information content (AvgIpc) is 2.79. The highest BCUT2D eigenvalue weighted by Crippen LogP contribution is 2.29. The quantitative estimate of drug-likeness (QED) is 0.617. The zero-order valence-electron chi connectivity index (χ0n) is 16.5. The number of carbonyl (C=O) groups is 3. The van der Waals surface area contributed by atoms with E-state index < -0.39 is 0 Å². The first-order valence-corrected chi connectivity index (χ1v) is 9.95. The third-order valence-electron chi connectivity index (χ3n) is 5.34. The molecule has 0 saturated carbocycles. The molecule has 1 aliphatic rings. The fourth-order valence-electron chi connectivity index (χ4n) is 3.90. The molecule has 3 aromatic rings. The lowest BCUT2D eigenvalue weighted by Gasteiger charge is -2.28. The average molecular weight is 402 g/mol. The SMILES string of the molecule is O=C(c1ccccc1)N(CCO)CCCN1C(=O)c2cccc3cccc(c23)C1=O. The number of aliphatic hydroxyl groups excluding tert-OH is 1. The lowest BCUT2D eigenvalue weighted by atomic mass is 9.94. The highest BCUT2D eigenvalue weighted by atomic mass is 16.3. The molecule has 0 bridgehead atoms. The molecule has 0 saturated heterocycles. The van der Waals surface area contributed by atoms with Crippen molar-refractivity contribution in [1.29, 1.82) is 0 Å². The maximum atomic E-state index is 13.0. The Morgan fingerprint density at radius 1 is 0.833 bits per heavy atom. The van der Waals surface area contributed by atoms with Crippen LogP contribution in [0.2, 0.25) is 0 Å². The molecule has 6 nitrogen and oxygen atoms in total. The standard InChI is InChI=1S/C24H22N2O4/c27-16-15-25(22(28)18-7-2-1-3-8-18)13-6-14-26-23(29)19-11-4-9-17-10-5-12-20(21(17)19)24(26)30/h1-5,7-12,27H,6,13-16H2. The lowest BCUT2D eigenvalue weighted by Crippen LogP contribution is -2.42. The van der Waals surface area contributed by atoms with Crippen molar-refractivity contribution in [2.75, 3.05) is 26.2 Å². The molecular formula is C24H22N2O4. The second-order valence-electron chi connectivity index (χ2n) is 7.21. The van der Waals surface area contributed by atoms with Gasteiger partial charge in [-0.2, -0.15) is 0 Å². The van der Waals surface area contributed by atoms with Gasteiger partial charge in [0.1, 0.15) is 0 Å². The molecule has 30 heavy (non-hydrogen) atoms. The summed E-state index contributed by atoms with van der Waals surface area (Å²) in [4.78, 5) is 41.4. The van der Waals surface area contributed by atoms with Gasteiger partial charge in [-0.3, -0.25) is 19.3 Å². The molecule has 0 atom stereocenters. The van der Waals surface area contributed by atoms with Gasteiger partial charge in [0.25, 0.3) is 17.7 Å². The lowest BCUT2D eigenvalue weighted by molar-refractivity contribution is 0.0596. The van der Waals surface area contributed by atoms with E-state index in [1.165, 1.54) is 4.90 Å². The van der Waals surface area contributed by atoms with Gasteiger partial charge in [-0.1, -0.05) is 42.5 Å². The summed E-state index contributed by atoms with van der Waals surface area (Å²) in [5.41, 5.74) is 1.59. The Bertz CT molecular complexity index is 1060. The summed E-state index contributed by atoms with van der Waals surface area (Å²) in [6.07, 6.45) is 0.425. The van der Waals surface area contributed by atoms with Gasteiger partial charge in [0.05, 0.1) is 6.61 Å². The number of nitrogens with zero attached hydrogens (tertiary/aromatic N) is 2. The Morgan fingerprint density at radius 2 is 1.47 bits per heavy atom. The van der Waals surface area contributed by atoms with Gasteiger partial charge in [-0.25, -0.2) is 0 Å². The first-order chi connectivity index (χ1) is 14.6. The summed E-state index contributed by atoms with van der Waals surface area (Å²) in [6, 6.07) is 19.7. The summed E-state index contributed by atoms with van der Waals surface area (Å²) in [7, 11) is 0.